The number of carbonyl (C=O) groups excluding carboxylic acids is 1. The monoisotopic (exact) mass is 360 g/mol. The van der Waals surface area contributed by atoms with Crippen LogP contribution in [0.2, 0.25) is 0 Å². The van der Waals surface area contributed by atoms with E-state index in [4.69, 9.17) is 9.15 Å². The smallest absolute Gasteiger partial charge is 0.343 e. The van der Waals surface area contributed by atoms with E-state index in [1.807, 2.05) is 30.3 Å². The molecule has 4 aromatic rings. The molecule has 1 aromatic heterocycles. The Morgan fingerprint density at radius 2 is 1.63 bits per heavy atom. The van der Waals surface area contributed by atoms with Crippen LogP contribution in [0, 0.1) is 5.82 Å². The summed E-state index contributed by atoms with van der Waals surface area (Å²) in [7, 11) is 0. The third-order valence-electron chi connectivity index (χ3n) is 4.05. The van der Waals surface area contributed by atoms with Gasteiger partial charge in [-0.15, -0.1) is 0 Å². The molecule has 0 aliphatic carbocycles. The molecule has 4 nitrogen and oxygen atoms in total. The standard InChI is InChI=1S/C22H13FO4/c23-16-8-6-15(7-9-16)22(25)26-17-10-11-20-18(12-17)19(24)13-21(27-20)14-4-2-1-3-5-14/h1-13H. The highest BCUT2D eigenvalue weighted by atomic mass is 19.1. The number of esters is 1. The Bertz CT molecular complexity index is 1180. The van der Waals surface area contributed by atoms with E-state index in [0.29, 0.717) is 16.7 Å². The summed E-state index contributed by atoms with van der Waals surface area (Å²) < 4.78 is 24.0. The quantitative estimate of drug-likeness (QED) is 0.388. The zero-order valence-corrected chi connectivity index (χ0v) is 14.0. The molecule has 0 aliphatic rings. The second-order valence-electron chi connectivity index (χ2n) is 5.90. The Balaban J connectivity index is 1.66. The highest BCUT2D eigenvalue weighted by molar-refractivity contribution is 5.91. The molecule has 4 rings (SSSR count). The summed E-state index contributed by atoms with van der Waals surface area (Å²) in [6, 6.07) is 20.3. The number of hydrogen-bond acceptors (Lipinski definition) is 4. The first kappa shape index (κ1) is 16.7. The molecule has 132 valence electrons. The van der Waals surface area contributed by atoms with Gasteiger partial charge in [-0.3, -0.25) is 4.79 Å². The number of hydrogen-bond donors (Lipinski definition) is 0. The number of rotatable bonds is 3. The van der Waals surface area contributed by atoms with Gasteiger partial charge in [0, 0.05) is 11.6 Å². The Morgan fingerprint density at radius 3 is 2.37 bits per heavy atom. The van der Waals surface area contributed by atoms with E-state index in [0.717, 1.165) is 5.56 Å². The number of fused-ring (bicyclic) bond motifs is 1. The molecule has 1 heterocycles. The number of carbonyl (C=O) groups is 1. The lowest BCUT2D eigenvalue weighted by molar-refractivity contribution is 0.0735. The van der Waals surface area contributed by atoms with Crippen molar-refractivity contribution in [3.05, 3.63) is 100 Å². The van der Waals surface area contributed by atoms with Gasteiger partial charge in [-0.05, 0) is 42.5 Å². The molecular weight excluding hydrogens is 347 g/mol. The van der Waals surface area contributed by atoms with Crippen molar-refractivity contribution in [1.29, 1.82) is 0 Å². The van der Waals surface area contributed by atoms with Crippen molar-refractivity contribution in [3.63, 3.8) is 0 Å². The summed E-state index contributed by atoms with van der Waals surface area (Å²) in [5, 5.41) is 0.305. The van der Waals surface area contributed by atoms with Crippen LogP contribution in [0.3, 0.4) is 0 Å². The van der Waals surface area contributed by atoms with Gasteiger partial charge in [-0.1, -0.05) is 30.3 Å². The Morgan fingerprint density at radius 1 is 0.889 bits per heavy atom. The van der Waals surface area contributed by atoms with Crippen molar-refractivity contribution < 1.29 is 18.3 Å². The van der Waals surface area contributed by atoms with Crippen molar-refractivity contribution >= 4 is 16.9 Å². The minimum Gasteiger partial charge on any atom is -0.456 e. The Labute approximate surface area is 153 Å². The molecular formula is C22H13FO4. The first-order chi connectivity index (χ1) is 13.1. The molecule has 0 N–H and O–H groups in total. The summed E-state index contributed by atoms with van der Waals surface area (Å²) in [4.78, 5) is 24.6. The first-order valence-corrected chi connectivity index (χ1v) is 8.21. The molecule has 0 atom stereocenters. The minimum absolute atomic E-state index is 0.205. The molecule has 0 spiro atoms. The second-order valence-corrected chi connectivity index (χ2v) is 5.90. The SMILES string of the molecule is O=C(Oc1ccc2oc(-c3ccccc3)cc(=O)c2c1)c1ccc(F)cc1. The fraction of sp³-hybridized carbons (Fsp3) is 0. The second kappa shape index (κ2) is 6.88. The maximum Gasteiger partial charge on any atom is 0.343 e. The predicted octanol–water partition coefficient (Wildman–Crippen LogP) is 4.82. The predicted molar refractivity (Wildman–Crippen MR) is 99.3 cm³/mol. The minimum atomic E-state index is -0.639. The zero-order valence-electron chi connectivity index (χ0n) is 14.0. The number of benzene rings is 3. The summed E-state index contributed by atoms with van der Waals surface area (Å²) in [5.74, 6) is -0.413. The molecule has 0 bridgehead atoms. The lowest BCUT2D eigenvalue weighted by Crippen LogP contribution is -2.09. The van der Waals surface area contributed by atoms with Gasteiger partial charge in [0.15, 0.2) is 5.43 Å². The molecule has 3 aromatic carbocycles. The fourth-order valence-corrected chi connectivity index (χ4v) is 2.70. The Hall–Kier alpha value is -3.73. The highest BCUT2D eigenvalue weighted by Crippen LogP contribution is 2.25. The molecule has 0 aliphatic heterocycles. The highest BCUT2D eigenvalue weighted by Gasteiger charge is 2.12. The van der Waals surface area contributed by atoms with Gasteiger partial charge >= 0.3 is 5.97 Å². The van der Waals surface area contributed by atoms with E-state index in [2.05, 4.69) is 0 Å². The third kappa shape index (κ3) is 3.48. The molecule has 0 amide bonds. The lowest BCUT2D eigenvalue weighted by atomic mass is 10.1. The van der Waals surface area contributed by atoms with Crippen LogP contribution in [-0.2, 0) is 0 Å². The topological polar surface area (TPSA) is 56.5 Å². The number of halogens is 1. The van der Waals surface area contributed by atoms with Gasteiger partial charge in [0.2, 0.25) is 0 Å². The number of ether oxygens (including phenoxy) is 1. The molecule has 0 unspecified atom stereocenters. The first-order valence-electron chi connectivity index (χ1n) is 8.21. The van der Waals surface area contributed by atoms with E-state index < -0.39 is 11.8 Å². The molecule has 0 saturated carbocycles. The maximum atomic E-state index is 13.0. The fourth-order valence-electron chi connectivity index (χ4n) is 2.70. The normalized spacial score (nSPS) is 10.7. The molecule has 0 saturated heterocycles. The Kier molecular flexibility index (Phi) is 4.26. The maximum absolute atomic E-state index is 13.0. The van der Waals surface area contributed by atoms with E-state index in [9.17, 15) is 14.0 Å². The van der Waals surface area contributed by atoms with Crippen molar-refractivity contribution in [2.45, 2.75) is 0 Å². The van der Waals surface area contributed by atoms with Crippen molar-refractivity contribution in [2.24, 2.45) is 0 Å². The van der Waals surface area contributed by atoms with E-state index in [1.165, 1.54) is 36.4 Å². The summed E-state index contributed by atoms with van der Waals surface area (Å²) in [6.45, 7) is 0. The van der Waals surface area contributed by atoms with E-state index in [-0.39, 0.29) is 16.7 Å². The van der Waals surface area contributed by atoms with Gasteiger partial charge < -0.3 is 9.15 Å². The zero-order chi connectivity index (χ0) is 18.8. The summed E-state index contributed by atoms with van der Waals surface area (Å²) >= 11 is 0. The summed E-state index contributed by atoms with van der Waals surface area (Å²) in [6.07, 6.45) is 0. The molecule has 0 fully saturated rings. The van der Waals surface area contributed by atoms with Gasteiger partial charge in [-0.2, -0.15) is 0 Å². The molecule has 5 heteroatoms. The van der Waals surface area contributed by atoms with E-state index >= 15 is 0 Å². The molecule has 27 heavy (non-hydrogen) atoms. The van der Waals surface area contributed by atoms with Crippen LogP contribution >= 0.6 is 0 Å². The van der Waals surface area contributed by atoms with Crippen molar-refractivity contribution in [3.8, 4) is 17.1 Å². The third-order valence-corrected chi connectivity index (χ3v) is 4.05. The van der Waals surface area contributed by atoms with Crippen LogP contribution in [0.25, 0.3) is 22.3 Å². The van der Waals surface area contributed by atoms with Gasteiger partial charge in [0.1, 0.15) is 22.9 Å². The van der Waals surface area contributed by atoms with Crippen molar-refractivity contribution in [1.82, 2.24) is 0 Å². The van der Waals surface area contributed by atoms with Crippen molar-refractivity contribution in [2.75, 3.05) is 0 Å². The largest absolute Gasteiger partial charge is 0.456 e. The summed E-state index contributed by atoms with van der Waals surface area (Å²) in [5.41, 5.74) is 1.16. The van der Waals surface area contributed by atoms with Gasteiger partial charge in [-0.25, -0.2) is 9.18 Å². The van der Waals surface area contributed by atoms with Gasteiger partial charge in [0.25, 0.3) is 0 Å². The van der Waals surface area contributed by atoms with Crippen LogP contribution in [-0.4, -0.2) is 5.97 Å². The average molecular weight is 360 g/mol. The van der Waals surface area contributed by atoms with Crippen LogP contribution in [0.15, 0.2) is 88.1 Å². The molecule has 0 radical (unpaired) electrons. The van der Waals surface area contributed by atoms with Crippen LogP contribution in [0.5, 0.6) is 5.75 Å². The van der Waals surface area contributed by atoms with Crippen LogP contribution in [0.1, 0.15) is 10.4 Å². The van der Waals surface area contributed by atoms with E-state index in [1.54, 1.807) is 12.1 Å². The average Bonchev–Trinajstić information content (AvgIpc) is 2.69. The van der Waals surface area contributed by atoms with Crippen LogP contribution < -0.4 is 10.2 Å². The van der Waals surface area contributed by atoms with Gasteiger partial charge in [0.05, 0.1) is 10.9 Å². The van der Waals surface area contributed by atoms with Crippen LogP contribution in [0.4, 0.5) is 4.39 Å². The lowest BCUT2D eigenvalue weighted by Gasteiger charge is -2.07.